The van der Waals surface area contributed by atoms with Crippen LogP contribution in [0.2, 0.25) is 0 Å². The van der Waals surface area contributed by atoms with Crippen LogP contribution in [-0.2, 0) is 16.4 Å². The number of hydrogen-bond donors (Lipinski definition) is 0. The average molecular weight is 458 g/mol. The van der Waals surface area contributed by atoms with Crippen molar-refractivity contribution in [2.24, 2.45) is 0 Å². The first-order valence-electron chi connectivity index (χ1n) is 9.24. The van der Waals surface area contributed by atoms with Crippen LogP contribution < -0.4 is 4.74 Å². The normalized spacial score (nSPS) is 11.5. The number of thiazole rings is 1. The van der Waals surface area contributed by atoms with Crippen molar-refractivity contribution >= 4 is 21.2 Å². The maximum atomic E-state index is 13.4. The van der Waals surface area contributed by atoms with Gasteiger partial charge in [-0.15, -0.1) is 11.3 Å². The Morgan fingerprint density at radius 2 is 1.58 bits per heavy atom. The fraction of sp³-hybridized carbons (Fsp3) is 0.0870. The van der Waals surface area contributed by atoms with E-state index in [0.717, 1.165) is 22.3 Å². The Balaban J connectivity index is 1.71. The molecule has 3 aromatic carbocycles. The van der Waals surface area contributed by atoms with Gasteiger partial charge in [-0.2, -0.15) is 0 Å². The van der Waals surface area contributed by atoms with Gasteiger partial charge in [-0.1, -0.05) is 18.2 Å². The van der Waals surface area contributed by atoms with Crippen LogP contribution in [0, 0.1) is 11.6 Å². The highest BCUT2D eigenvalue weighted by Crippen LogP contribution is 2.37. The molecule has 8 heteroatoms. The monoisotopic (exact) mass is 457 g/mol. The van der Waals surface area contributed by atoms with Crippen molar-refractivity contribution in [3.8, 4) is 27.4 Å². The SMILES string of the molecule is CS(=O)(=O)c1ccc(-c2sc(COc3cccc(F)c3)nc2-c2ccc(F)cc2)cc1. The Labute approximate surface area is 182 Å². The van der Waals surface area contributed by atoms with Gasteiger partial charge in [-0.3, -0.25) is 0 Å². The van der Waals surface area contributed by atoms with Crippen molar-refractivity contribution in [2.45, 2.75) is 11.5 Å². The highest BCUT2D eigenvalue weighted by Gasteiger charge is 2.17. The zero-order valence-electron chi connectivity index (χ0n) is 16.4. The Morgan fingerprint density at radius 1 is 0.903 bits per heavy atom. The van der Waals surface area contributed by atoms with E-state index in [1.165, 1.54) is 35.6 Å². The molecule has 4 nitrogen and oxygen atoms in total. The Morgan fingerprint density at radius 3 is 2.23 bits per heavy atom. The fourth-order valence-corrected chi connectivity index (χ4v) is 4.62. The summed E-state index contributed by atoms with van der Waals surface area (Å²) in [6.07, 6.45) is 1.15. The van der Waals surface area contributed by atoms with E-state index in [0.29, 0.717) is 16.5 Å². The van der Waals surface area contributed by atoms with Crippen molar-refractivity contribution in [3.05, 3.63) is 89.4 Å². The van der Waals surface area contributed by atoms with Gasteiger partial charge in [0.2, 0.25) is 0 Å². The Hall–Kier alpha value is -3.10. The number of rotatable bonds is 6. The van der Waals surface area contributed by atoms with Gasteiger partial charge in [0, 0.05) is 17.9 Å². The molecule has 4 aromatic rings. The predicted molar refractivity (Wildman–Crippen MR) is 117 cm³/mol. The van der Waals surface area contributed by atoms with E-state index in [-0.39, 0.29) is 17.3 Å². The number of halogens is 2. The van der Waals surface area contributed by atoms with Gasteiger partial charge in [-0.05, 0) is 54.1 Å². The molecule has 31 heavy (non-hydrogen) atoms. The second kappa shape index (κ2) is 8.56. The lowest BCUT2D eigenvalue weighted by molar-refractivity contribution is 0.304. The number of ether oxygens (including phenoxy) is 1. The highest BCUT2D eigenvalue weighted by molar-refractivity contribution is 7.90. The average Bonchev–Trinajstić information content (AvgIpc) is 3.17. The van der Waals surface area contributed by atoms with Crippen molar-refractivity contribution in [1.29, 1.82) is 0 Å². The molecule has 158 valence electrons. The summed E-state index contributed by atoms with van der Waals surface area (Å²) < 4.78 is 56.0. The van der Waals surface area contributed by atoms with Crippen LogP contribution in [0.5, 0.6) is 5.75 Å². The smallest absolute Gasteiger partial charge is 0.175 e. The topological polar surface area (TPSA) is 56.3 Å². The molecule has 4 rings (SSSR count). The zero-order chi connectivity index (χ0) is 22.0. The summed E-state index contributed by atoms with van der Waals surface area (Å²) in [7, 11) is -3.31. The number of benzene rings is 3. The van der Waals surface area contributed by atoms with Crippen molar-refractivity contribution in [1.82, 2.24) is 4.98 Å². The molecule has 0 radical (unpaired) electrons. The van der Waals surface area contributed by atoms with E-state index in [4.69, 9.17) is 4.74 Å². The molecule has 0 aliphatic carbocycles. The van der Waals surface area contributed by atoms with E-state index in [2.05, 4.69) is 4.98 Å². The first-order valence-corrected chi connectivity index (χ1v) is 11.9. The minimum Gasteiger partial charge on any atom is -0.486 e. The third-order valence-corrected chi connectivity index (χ3v) is 6.70. The summed E-state index contributed by atoms with van der Waals surface area (Å²) in [5.41, 5.74) is 2.13. The van der Waals surface area contributed by atoms with Crippen molar-refractivity contribution < 1.29 is 21.9 Å². The summed E-state index contributed by atoms with van der Waals surface area (Å²) >= 11 is 1.38. The molecular formula is C23H17F2NO3S2. The van der Waals surface area contributed by atoms with E-state index >= 15 is 0 Å². The maximum Gasteiger partial charge on any atom is 0.175 e. The first kappa shape index (κ1) is 21.1. The van der Waals surface area contributed by atoms with E-state index in [1.54, 1.807) is 48.5 Å². The molecule has 0 saturated carbocycles. The molecule has 0 bridgehead atoms. The van der Waals surface area contributed by atoms with Gasteiger partial charge in [0.15, 0.2) is 9.84 Å². The third kappa shape index (κ3) is 4.98. The zero-order valence-corrected chi connectivity index (χ0v) is 18.0. The van der Waals surface area contributed by atoms with Crippen LogP contribution in [-0.4, -0.2) is 19.7 Å². The molecule has 0 saturated heterocycles. The van der Waals surface area contributed by atoms with Crippen LogP contribution in [0.25, 0.3) is 21.7 Å². The largest absolute Gasteiger partial charge is 0.486 e. The Bertz CT molecular complexity index is 1320. The molecule has 1 heterocycles. The molecule has 0 spiro atoms. The Kier molecular flexibility index (Phi) is 5.84. The number of aromatic nitrogens is 1. The number of sulfone groups is 1. The summed E-state index contributed by atoms with van der Waals surface area (Å²) in [5.74, 6) is -0.361. The third-order valence-electron chi connectivity index (χ3n) is 4.49. The predicted octanol–water partition coefficient (Wildman–Crippen LogP) is 5.74. The lowest BCUT2D eigenvalue weighted by Crippen LogP contribution is -1.96. The quantitative estimate of drug-likeness (QED) is 0.371. The molecule has 0 amide bonds. The summed E-state index contributed by atoms with van der Waals surface area (Å²) in [6, 6.07) is 18.3. The molecule has 0 fully saturated rings. The van der Waals surface area contributed by atoms with Gasteiger partial charge in [-0.25, -0.2) is 22.2 Å². The van der Waals surface area contributed by atoms with Crippen molar-refractivity contribution in [2.75, 3.05) is 6.26 Å². The van der Waals surface area contributed by atoms with Crippen LogP contribution in [0.1, 0.15) is 5.01 Å². The molecule has 0 aliphatic rings. The van der Waals surface area contributed by atoms with Gasteiger partial charge in [0.1, 0.15) is 29.0 Å². The molecule has 0 aliphatic heterocycles. The van der Waals surface area contributed by atoms with Crippen LogP contribution in [0.4, 0.5) is 8.78 Å². The lowest BCUT2D eigenvalue weighted by atomic mass is 10.1. The second-order valence-corrected chi connectivity index (χ2v) is 9.93. The van der Waals surface area contributed by atoms with Gasteiger partial charge >= 0.3 is 0 Å². The standard InChI is InChI=1S/C23H17F2NO3S2/c1-31(27,28)20-11-7-16(8-12-20)23-22(15-5-9-17(24)10-6-15)26-21(30-23)14-29-19-4-2-3-18(25)13-19/h2-13H,14H2,1H3. The molecule has 0 unspecified atom stereocenters. The fourth-order valence-electron chi connectivity index (χ4n) is 2.98. The van der Waals surface area contributed by atoms with Crippen LogP contribution in [0.15, 0.2) is 77.7 Å². The molecule has 0 atom stereocenters. The summed E-state index contributed by atoms with van der Waals surface area (Å²) in [5, 5.41) is 0.644. The van der Waals surface area contributed by atoms with Gasteiger partial charge in [0.05, 0.1) is 15.5 Å². The van der Waals surface area contributed by atoms with Crippen LogP contribution >= 0.6 is 11.3 Å². The first-order chi connectivity index (χ1) is 14.8. The lowest BCUT2D eigenvalue weighted by Gasteiger charge is -2.04. The van der Waals surface area contributed by atoms with Crippen molar-refractivity contribution in [3.63, 3.8) is 0 Å². The molecule has 1 aromatic heterocycles. The number of hydrogen-bond acceptors (Lipinski definition) is 5. The van der Waals surface area contributed by atoms with E-state index in [1.807, 2.05) is 0 Å². The van der Waals surface area contributed by atoms with Gasteiger partial charge in [0.25, 0.3) is 0 Å². The maximum absolute atomic E-state index is 13.4. The summed E-state index contributed by atoms with van der Waals surface area (Å²) in [4.78, 5) is 5.67. The number of nitrogens with zero attached hydrogens (tertiary/aromatic N) is 1. The minimum atomic E-state index is -3.31. The minimum absolute atomic E-state index is 0.129. The molecular weight excluding hydrogens is 440 g/mol. The summed E-state index contributed by atoms with van der Waals surface area (Å²) in [6.45, 7) is 0.129. The van der Waals surface area contributed by atoms with E-state index in [9.17, 15) is 17.2 Å². The van der Waals surface area contributed by atoms with E-state index < -0.39 is 15.7 Å². The van der Waals surface area contributed by atoms with Crippen LogP contribution in [0.3, 0.4) is 0 Å². The molecule has 0 N–H and O–H groups in total. The highest BCUT2D eigenvalue weighted by atomic mass is 32.2. The second-order valence-electron chi connectivity index (χ2n) is 6.83. The van der Waals surface area contributed by atoms with Gasteiger partial charge < -0.3 is 4.74 Å².